The van der Waals surface area contributed by atoms with E-state index in [-0.39, 0.29) is 115 Å². The van der Waals surface area contributed by atoms with E-state index in [1.165, 1.54) is 25.3 Å². The second kappa shape index (κ2) is 14.0. The molecule has 0 spiro atoms. The molecule has 1 N–H and O–H groups in total. The summed E-state index contributed by atoms with van der Waals surface area (Å²) in [6.07, 6.45) is -1.70. The van der Waals surface area contributed by atoms with Crippen LogP contribution in [0.25, 0.3) is 32.9 Å². The monoisotopic (exact) mass is 804 g/mol. The number of aromatic hydroxyl groups is 1. The van der Waals surface area contributed by atoms with Crippen molar-refractivity contribution in [3.05, 3.63) is 41.5 Å². The van der Waals surface area contributed by atoms with Gasteiger partial charge in [-0.1, -0.05) is 12.0 Å². The normalized spacial score (nSPS) is 21.3. The van der Waals surface area contributed by atoms with Crippen molar-refractivity contribution in [1.29, 1.82) is 0 Å². The fourth-order valence-electron chi connectivity index (χ4n) is 8.66. The predicted molar refractivity (Wildman–Crippen MR) is 191 cm³/mol. The second-order valence-corrected chi connectivity index (χ2v) is 15.4. The minimum absolute atomic E-state index is 0.0111. The van der Waals surface area contributed by atoms with E-state index < -0.39 is 59.0 Å². The van der Waals surface area contributed by atoms with Crippen LogP contribution in [0.5, 0.6) is 17.6 Å². The van der Waals surface area contributed by atoms with Crippen LogP contribution < -0.4 is 14.4 Å². The Hall–Kier alpha value is -5.18. The molecule has 1 saturated carbocycles. The maximum atomic E-state index is 17.2. The number of aromatic nitrogens is 3. The Morgan fingerprint density at radius 3 is 2.26 bits per heavy atom. The third kappa shape index (κ3) is 7.08. The van der Waals surface area contributed by atoms with E-state index in [0.717, 1.165) is 11.0 Å². The molecule has 4 fully saturated rings. The van der Waals surface area contributed by atoms with Gasteiger partial charge >= 0.3 is 24.3 Å². The molecular formula is C39H36F8N6O4. The molecule has 8 rings (SSSR count). The maximum absolute atomic E-state index is 17.2. The average Bonchev–Trinajstić information content (AvgIpc) is 3.88. The first kappa shape index (κ1) is 38.7. The summed E-state index contributed by atoms with van der Waals surface area (Å²) >= 11 is 0. The van der Waals surface area contributed by atoms with Gasteiger partial charge in [0.05, 0.1) is 37.3 Å². The summed E-state index contributed by atoms with van der Waals surface area (Å²) < 4.78 is 125. The Morgan fingerprint density at radius 2 is 1.67 bits per heavy atom. The van der Waals surface area contributed by atoms with E-state index in [9.17, 15) is 36.2 Å². The molecule has 2 aromatic carbocycles. The number of amides is 1. The van der Waals surface area contributed by atoms with Crippen LogP contribution in [0.3, 0.4) is 0 Å². The van der Waals surface area contributed by atoms with Gasteiger partial charge in [-0.25, -0.2) is 13.8 Å². The fraction of sp³-hybridized carbons (Fsp3) is 0.487. The Bertz CT molecular complexity index is 2290. The van der Waals surface area contributed by atoms with E-state index in [1.54, 1.807) is 4.90 Å². The van der Waals surface area contributed by atoms with Crippen molar-refractivity contribution in [2.45, 2.75) is 63.0 Å². The first-order valence-corrected chi connectivity index (χ1v) is 18.4. The molecule has 4 aliphatic rings. The number of hydrogen-bond donors (Lipinski definition) is 1. The Kier molecular flexibility index (Phi) is 9.52. The smallest absolute Gasteiger partial charge is 0.471 e. The number of fused-ring (bicyclic) bond motifs is 4. The summed E-state index contributed by atoms with van der Waals surface area (Å²) in [5.41, 5.74) is -1.51. The summed E-state index contributed by atoms with van der Waals surface area (Å²) in [5, 5.41) is 11.0. The number of rotatable bonds is 8. The maximum Gasteiger partial charge on any atom is 0.471 e. The molecule has 18 heteroatoms. The number of methoxy groups -OCH3 is 1. The highest BCUT2D eigenvalue weighted by atomic mass is 19.4. The first-order valence-electron chi connectivity index (χ1n) is 18.4. The highest BCUT2D eigenvalue weighted by molar-refractivity contribution is 6.04. The number of benzene rings is 2. The third-order valence-corrected chi connectivity index (χ3v) is 11.7. The zero-order chi connectivity index (χ0) is 40.6. The van der Waals surface area contributed by atoms with Gasteiger partial charge in [0, 0.05) is 36.0 Å². The molecule has 3 aliphatic heterocycles. The van der Waals surface area contributed by atoms with E-state index in [1.807, 2.05) is 4.90 Å². The number of halogens is 8. The number of piperazine rings is 1. The van der Waals surface area contributed by atoms with Crippen LogP contribution in [-0.4, -0.2) is 107 Å². The molecule has 1 unspecified atom stereocenters. The van der Waals surface area contributed by atoms with Gasteiger partial charge in [-0.15, -0.1) is 6.42 Å². The van der Waals surface area contributed by atoms with Gasteiger partial charge in [-0.05, 0) is 75.2 Å². The number of phenols is 1. The molecule has 10 nitrogen and oxygen atoms in total. The minimum atomic E-state index is -5.08. The van der Waals surface area contributed by atoms with Crippen molar-refractivity contribution >= 4 is 33.4 Å². The largest absolute Gasteiger partial charge is 0.508 e. The van der Waals surface area contributed by atoms with Gasteiger partial charge in [-0.2, -0.15) is 36.3 Å². The lowest BCUT2D eigenvalue weighted by Gasteiger charge is -2.42. The quantitative estimate of drug-likeness (QED) is 0.149. The van der Waals surface area contributed by atoms with Crippen molar-refractivity contribution in [2.75, 3.05) is 51.3 Å². The molecule has 4 aromatic rings. The van der Waals surface area contributed by atoms with Crippen molar-refractivity contribution in [2.24, 2.45) is 11.3 Å². The van der Waals surface area contributed by atoms with Gasteiger partial charge < -0.3 is 29.3 Å². The summed E-state index contributed by atoms with van der Waals surface area (Å²) in [4.78, 5) is 30.4. The predicted octanol–water partition coefficient (Wildman–Crippen LogP) is 6.99. The zero-order valence-corrected chi connectivity index (χ0v) is 30.5. The second-order valence-electron chi connectivity index (χ2n) is 15.4. The van der Waals surface area contributed by atoms with Gasteiger partial charge in [-0.3, -0.25) is 4.79 Å². The molecule has 57 heavy (non-hydrogen) atoms. The van der Waals surface area contributed by atoms with Crippen LogP contribution in [0.1, 0.15) is 44.1 Å². The van der Waals surface area contributed by atoms with E-state index in [0.29, 0.717) is 19.4 Å². The molecule has 2 aromatic heterocycles. The summed E-state index contributed by atoms with van der Waals surface area (Å²) in [6, 6.07) is 2.98. The summed E-state index contributed by atoms with van der Waals surface area (Å²) in [6.45, 7) is 0.833. The van der Waals surface area contributed by atoms with Crippen molar-refractivity contribution in [3.8, 4) is 41.2 Å². The topological polar surface area (TPSA) is 104 Å². The summed E-state index contributed by atoms with van der Waals surface area (Å²) in [7, 11) is 1.25. The molecule has 5 heterocycles. The van der Waals surface area contributed by atoms with E-state index >= 15 is 8.78 Å². The fourth-order valence-corrected chi connectivity index (χ4v) is 8.66. The Balaban J connectivity index is 1.20. The standard InChI is InChI=1S/C39H36F8N6O4/c1-3-25-27(40)7-4-20-14-24(54)15-26(28(20)25)31-30(41)32-29(34(48-31)56-2)33(52-16-22-5-6-23(17-52)53(22)35(55)39(45,46)47)50-36(49-32)57-19-37(10-11-37)18-51-12-8-21(9-13-51)38(42,43)44/h1,4,7,14-15,21-23,54H,5-6,8-13,16-19H2,2H3/t22-,23?/m0/s1. The third-order valence-electron chi connectivity index (χ3n) is 11.7. The molecule has 3 saturated heterocycles. The highest BCUT2D eigenvalue weighted by Crippen LogP contribution is 2.48. The molecule has 1 amide bonds. The van der Waals surface area contributed by atoms with Crippen LogP contribution in [0.15, 0.2) is 24.3 Å². The SMILES string of the molecule is C#Cc1c(F)ccc2cc(O)cc(-c3nc(OC)c4c(N5CC6CC[C@@H](C5)N6C(=O)C(F)(F)F)nc(OCC5(CN6CCC(C(F)(F)F)CC6)CC5)nc4c3F)c12. The number of alkyl halides is 6. The van der Waals surface area contributed by atoms with Crippen molar-refractivity contribution in [3.63, 3.8) is 0 Å². The van der Waals surface area contributed by atoms with Crippen LogP contribution in [0.4, 0.5) is 40.9 Å². The molecule has 0 radical (unpaired) electrons. The molecular weight excluding hydrogens is 768 g/mol. The van der Waals surface area contributed by atoms with Crippen LogP contribution in [0.2, 0.25) is 0 Å². The lowest BCUT2D eigenvalue weighted by molar-refractivity contribution is -0.188. The van der Waals surface area contributed by atoms with Crippen LogP contribution >= 0.6 is 0 Å². The van der Waals surface area contributed by atoms with E-state index in [2.05, 4.69) is 20.9 Å². The first-order chi connectivity index (χ1) is 27.0. The number of carbonyl (C=O) groups excluding carboxylic acids is 1. The minimum Gasteiger partial charge on any atom is -0.508 e. The molecule has 2 atom stereocenters. The zero-order valence-electron chi connectivity index (χ0n) is 30.5. The number of anilines is 1. The van der Waals surface area contributed by atoms with Crippen molar-refractivity contribution in [1.82, 2.24) is 24.8 Å². The lowest BCUT2D eigenvalue weighted by atomic mass is 9.95. The number of hydrogen-bond acceptors (Lipinski definition) is 9. The van der Waals surface area contributed by atoms with Crippen LogP contribution in [0, 0.1) is 35.3 Å². The van der Waals surface area contributed by atoms with Gasteiger partial charge in [0.1, 0.15) is 34.0 Å². The van der Waals surface area contributed by atoms with Crippen molar-refractivity contribution < 1.29 is 54.5 Å². The number of phenolic OH excluding ortho intramolecular Hbond substituents is 1. The number of pyridine rings is 1. The molecule has 302 valence electrons. The number of nitrogens with zero attached hydrogens (tertiary/aromatic N) is 6. The van der Waals surface area contributed by atoms with Gasteiger partial charge in [0.25, 0.3) is 0 Å². The highest BCUT2D eigenvalue weighted by Gasteiger charge is 2.52. The van der Waals surface area contributed by atoms with Crippen LogP contribution in [-0.2, 0) is 4.79 Å². The Morgan fingerprint density at radius 1 is 0.982 bits per heavy atom. The Labute approximate surface area is 320 Å². The average molecular weight is 805 g/mol. The number of likely N-dealkylation sites (tertiary alicyclic amines) is 1. The van der Waals surface area contributed by atoms with E-state index in [4.69, 9.17) is 15.9 Å². The molecule has 1 aliphatic carbocycles. The van der Waals surface area contributed by atoms with Gasteiger partial charge in [0.15, 0.2) is 5.82 Å². The molecule has 2 bridgehead atoms. The number of piperidine rings is 1. The lowest BCUT2D eigenvalue weighted by Crippen LogP contribution is -2.59. The summed E-state index contributed by atoms with van der Waals surface area (Å²) in [5.74, 6) is -3.34. The number of carbonyl (C=O) groups is 1. The number of terminal acetylenes is 1. The van der Waals surface area contributed by atoms with Gasteiger partial charge in [0.2, 0.25) is 5.88 Å². The number of ether oxygens (including phenoxy) is 2.